The Labute approximate surface area is 284 Å². The fraction of sp³-hybridized carbons (Fsp3) is 0.543. The summed E-state index contributed by atoms with van der Waals surface area (Å²) >= 11 is 3.15. The van der Waals surface area contributed by atoms with Crippen LogP contribution in [0.2, 0.25) is 0 Å². The van der Waals surface area contributed by atoms with Gasteiger partial charge in [-0.05, 0) is 62.8 Å². The second kappa shape index (κ2) is 15.7. The molecule has 0 saturated carbocycles. The summed E-state index contributed by atoms with van der Waals surface area (Å²) in [4.78, 5) is 43.3. The summed E-state index contributed by atoms with van der Waals surface area (Å²) in [6, 6.07) is 10.1. The highest BCUT2D eigenvalue weighted by Gasteiger charge is 2.28. The lowest BCUT2D eigenvalue weighted by Crippen LogP contribution is -2.45. The zero-order valence-electron chi connectivity index (χ0n) is 26.6. The van der Waals surface area contributed by atoms with Crippen molar-refractivity contribution in [3.8, 4) is 0 Å². The molecule has 0 unspecified atom stereocenters. The van der Waals surface area contributed by atoms with Crippen molar-refractivity contribution < 1.29 is 18.4 Å². The predicted molar refractivity (Wildman–Crippen MR) is 190 cm³/mol. The van der Waals surface area contributed by atoms with Gasteiger partial charge in [0.25, 0.3) is 0 Å². The number of benzene rings is 2. The average Bonchev–Trinajstić information content (AvgIpc) is 3.69. The number of aromatic nitrogens is 2. The van der Waals surface area contributed by atoms with Crippen LogP contribution in [0.15, 0.2) is 36.4 Å². The number of likely N-dealkylation sites (tertiary alicyclic amines) is 2. The van der Waals surface area contributed by atoms with Crippen LogP contribution in [-0.2, 0) is 9.59 Å². The van der Waals surface area contributed by atoms with E-state index in [2.05, 4.69) is 19.8 Å². The topological polar surface area (TPSA) is 72.9 Å². The number of anilines is 2. The number of carbonyl (C=O) groups is 2. The smallest absolute Gasteiger partial charge is 0.222 e. The molecule has 0 N–H and O–H groups in total. The zero-order valence-corrected chi connectivity index (χ0v) is 28.2. The summed E-state index contributed by atoms with van der Waals surface area (Å²) in [6.45, 7) is 2.98. The van der Waals surface area contributed by atoms with Crippen LogP contribution in [0.3, 0.4) is 0 Å². The molecule has 0 radical (unpaired) electrons. The van der Waals surface area contributed by atoms with Gasteiger partial charge in [-0.15, -0.1) is 0 Å². The van der Waals surface area contributed by atoms with Crippen molar-refractivity contribution in [1.82, 2.24) is 19.8 Å². The van der Waals surface area contributed by atoms with Crippen LogP contribution >= 0.6 is 22.7 Å². The summed E-state index contributed by atoms with van der Waals surface area (Å²) in [7, 11) is 4.08. The van der Waals surface area contributed by atoms with Gasteiger partial charge in [-0.3, -0.25) is 9.59 Å². The van der Waals surface area contributed by atoms with E-state index in [1.165, 1.54) is 24.3 Å². The van der Waals surface area contributed by atoms with Crippen molar-refractivity contribution >= 4 is 65.2 Å². The van der Waals surface area contributed by atoms with Gasteiger partial charge in [0, 0.05) is 77.3 Å². The molecule has 2 fully saturated rings. The van der Waals surface area contributed by atoms with E-state index < -0.39 is 0 Å². The number of carbonyl (C=O) groups excluding carboxylic acids is 2. The Balaban J connectivity index is 0.00000433. The molecule has 6 rings (SSSR count). The Hall–Kier alpha value is -3.38. The van der Waals surface area contributed by atoms with Crippen LogP contribution in [0.25, 0.3) is 20.4 Å². The van der Waals surface area contributed by atoms with Gasteiger partial charge in [0.15, 0.2) is 10.3 Å². The van der Waals surface area contributed by atoms with Gasteiger partial charge in [-0.1, -0.05) is 42.9 Å². The van der Waals surface area contributed by atoms with E-state index in [1.54, 1.807) is 34.8 Å². The van der Waals surface area contributed by atoms with Gasteiger partial charge in [0.1, 0.15) is 11.6 Å². The third kappa shape index (κ3) is 8.38. The third-order valence-corrected chi connectivity index (χ3v) is 11.8. The van der Waals surface area contributed by atoms with Crippen molar-refractivity contribution in [1.29, 1.82) is 0 Å². The molecule has 8 nitrogen and oxygen atoms in total. The number of hydrogen-bond acceptors (Lipinski definition) is 8. The minimum atomic E-state index is -0.272. The van der Waals surface area contributed by atoms with E-state index >= 15 is 0 Å². The molecular formula is C35H46F2N6O2S2. The first-order chi connectivity index (χ1) is 22.2. The number of amides is 2. The largest absolute Gasteiger partial charge is 0.348 e. The first kappa shape index (κ1) is 34.9. The zero-order chi connectivity index (χ0) is 32.2. The maximum atomic E-state index is 13.6. The van der Waals surface area contributed by atoms with E-state index in [0.29, 0.717) is 36.0 Å². The van der Waals surface area contributed by atoms with Crippen molar-refractivity contribution in [2.24, 2.45) is 0 Å². The highest BCUT2D eigenvalue weighted by atomic mass is 32.1. The minimum Gasteiger partial charge on any atom is -0.348 e. The van der Waals surface area contributed by atoms with E-state index in [9.17, 15) is 18.4 Å². The Morgan fingerprint density at radius 3 is 1.47 bits per heavy atom. The van der Waals surface area contributed by atoms with Crippen molar-refractivity contribution in [2.45, 2.75) is 83.7 Å². The monoisotopic (exact) mass is 684 g/mol. The number of fused-ring (bicyclic) bond motifs is 2. The van der Waals surface area contributed by atoms with Crippen LogP contribution < -0.4 is 9.80 Å². The fourth-order valence-corrected chi connectivity index (χ4v) is 8.58. The van der Waals surface area contributed by atoms with Crippen LogP contribution in [0, 0.1) is 11.6 Å². The van der Waals surface area contributed by atoms with E-state index in [1.807, 2.05) is 23.9 Å². The molecule has 254 valence electrons. The van der Waals surface area contributed by atoms with Gasteiger partial charge in [-0.25, -0.2) is 18.7 Å². The normalized spacial score (nSPS) is 16.1. The van der Waals surface area contributed by atoms with Crippen molar-refractivity contribution in [2.75, 3.05) is 50.1 Å². The molecule has 2 amide bonds. The molecule has 0 aliphatic carbocycles. The number of rotatable bonds is 11. The highest BCUT2D eigenvalue weighted by Crippen LogP contribution is 2.33. The number of nitrogens with zero attached hydrogens (tertiary/aromatic N) is 6. The minimum absolute atomic E-state index is 0. The molecule has 2 aromatic heterocycles. The summed E-state index contributed by atoms with van der Waals surface area (Å²) in [5.41, 5.74) is 1.38. The van der Waals surface area contributed by atoms with E-state index in [-0.39, 0.29) is 30.9 Å². The van der Waals surface area contributed by atoms with E-state index in [4.69, 9.17) is 0 Å². The Bertz CT molecular complexity index is 1540. The molecule has 0 atom stereocenters. The summed E-state index contributed by atoms with van der Waals surface area (Å²) in [6.07, 6.45) is 8.31. The second-order valence-corrected chi connectivity index (χ2v) is 14.6. The molecule has 2 aliphatic heterocycles. The van der Waals surface area contributed by atoms with Gasteiger partial charge in [-0.2, -0.15) is 0 Å². The SMILES string of the molecule is C.CN(c1nc2cc(F)ccc2s1)C1CCN(C(=O)CCCCCCC(=O)N2CCC(N(C)c3nc4cc(F)ccc4s3)CC2)CC1. The predicted octanol–water partition coefficient (Wildman–Crippen LogP) is 7.72. The standard InChI is InChI=1S/C34H42F2N6O2S2.CH4/c1-39(33-37-27-21-23(35)9-11-29(27)45-33)25-13-17-41(18-14-25)31(43)7-5-3-4-6-8-32(44)42-19-15-26(16-20-42)40(2)34-38-28-22-24(36)10-12-30(28)46-34;/h9-12,21-22,25-26H,3-8,13-20H2,1-2H3;1H4. The molecule has 47 heavy (non-hydrogen) atoms. The van der Waals surface area contributed by atoms with Crippen molar-refractivity contribution in [3.05, 3.63) is 48.0 Å². The molecule has 2 aliphatic rings. The number of halogens is 2. The molecule has 4 heterocycles. The lowest BCUT2D eigenvalue weighted by Gasteiger charge is -2.36. The Morgan fingerprint density at radius 1 is 0.702 bits per heavy atom. The third-order valence-electron chi connectivity index (χ3n) is 9.54. The quantitative estimate of drug-likeness (QED) is 0.151. The number of thiazole rings is 2. The summed E-state index contributed by atoms with van der Waals surface area (Å²) < 4.78 is 29.1. The first-order valence-electron chi connectivity index (χ1n) is 16.4. The van der Waals surface area contributed by atoms with Crippen molar-refractivity contribution in [3.63, 3.8) is 0 Å². The Kier molecular flexibility index (Phi) is 11.7. The van der Waals surface area contributed by atoms with Crippen LogP contribution in [0.1, 0.15) is 71.6 Å². The lowest BCUT2D eigenvalue weighted by molar-refractivity contribution is -0.133. The maximum Gasteiger partial charge on any atom is 0.222 e. The van der Waals surface area contributed by atoms with Gasteiger partial charge < -0.3 is 19.6 Å². The molecule has 4 aromatic rings. The van der Waals surface area contributed by atoms with Crippen LogP contribution in [0.5, 0.6) is 0 Å². The maximum absolute atomic E-state index is 13.6. The number of hydrogen-bond donors (Lipinski definition) is 0. The Morgan fingerprint density at radius 2 is 1.09 bits per heavy atom. The average molecular weight is 685 g/mol. The molecule has 2 saturated heterocycles. The summed E-state index contributed by atoms with van der Waals surface area (Å²) in [5, 5.41) is 1.78. The second-order valence-electron chi connectivity index (χ2n) is 12.6. The summed E-state index contributed by atoms with van der Waals surface area (Å²) in [5.74, 6) is -0.102. The molecule has 0 bridgehead atoms. The number of unbranched alkanes of at least 4 members (excludes halogenated alkanes) is 3. The molecule has 0 spiro atoms. The lowest BCUT2D eigenvalue weighted by atomic mass is 10.0. The van der Waals surface area contributed by atoms with Gasteiger partial charge in [0.2, 0.25) is 11.8 Å². The fourth-order valence-electron chi connectivity index (χ4n) is 6.62. The van der Waals surface area contributed by atoms with E-state index in [0.717, 1.165) is 97.2 Å². The van der Waals surface area contributed by atoms with Gasteiger partial charge in [0.05, 0.1) is 20.4 Å². The van der Waals surface area contributed by atoms with Crippen LogP contribution in [-0.4, -0.2) is 83.9 Å². The van der Waals surface area contributed by atoms with Gasteiger partial charge >= 0.3 is 0 Å². The molecule has 2 aromatic carbocycles. The molecule has 12 heteroatoms. The highest BCUT2D eigenvalue weighted by molar-refractivity contribution is 7.22. The number of piperidine rings is 2. The molecular weight excluding hydrogens is 639 g/mol. The first-order valence-corrected chi connectivity index (χ1v) is 18.0. The van der Waals surface area contributed by atoms with Crippen LogP contribution in [0.4, 0.5) is 19.0 Å².